The molecule has 0 saturated heterocycles. The van der Waals surface area contributed by atoms with Crippen LogP contribution in [-0.4, -0.2) is 44.6 Å². The molecule has 0 saturated carbocycles. The van der Waals surface area contributed by atoms with E-state index in [-0.39, 0.29) is 11.8 Å². The first-order chi connectivity index (χ1) is 14.9. The first-order valence-corrected chi connectivity index (χ1v) is 10.1. The third-order valence-corrected chi connectivity index (χ3v) is 4.63. The normalized spacial score (nSPS) is 14.8. The van der Waals surface area contributed by atoms with Gasteiger partial charge in [-0.2, -0.15) is 0 Å². The van der Waals surface area contributed by atoms with E-state index in [2.05, 4.69) is 22.2 Å². The van der Waals surface area contributed by atoms with Gasteiger partial charge in [-0.15, -0.1) is 0 Å². The smallest absolute Gasteiger partial charge is 0.328 e. The minimum atomic E-state index is -1.26. The van der Waals surface area contributed by atoms with Gasteiger partial charge in [0.05, 0.1) is 24.3 Å². The topological polar surface area (TPSA) is 142 Å². The Morgan fingerprint density at radius 1 is 1.23 bits per heavy atom. The number of aliphatic carboxylic acids is 2. The summed E-state index contributed by atoms with van der Waals surface area (Å²) in [6.07, 6.45) is 7.33. The van der Waals surface area contributed by atoms with E-state index in [0.29, 0.717) is 18.8 Å². The Kier molecular flexibility index (Phi) is 9.28. The highest BCUT2D eigenvalue weighted by Crippen LogP contribution is 2.28. The average Bonchev–Trinajstić information content (AvgIpc) is 3.22. The van der Waals surface area contributed by atoms with Crippen LogP contribution in [0.15, 0.2) is 42.7 Å². The molecule has 1 unspecified atom stereocenters. The molecule has 2 aromatic rings. The van der Waals surface area contributed by atoms with E-state index in [9.17, 15) is 14.4 Å². The number of aromatic amines is 1. The minimum Gasteiger partial charge on any atom is -0.491 e. The van der Waals surface area contributed by atoms with E-state index in [0.717, 1.165) is 54.9 Å². The Morgan fingerprint density at radius 3 is 2.61 bits per heavy atom. The molecule has 0 radical (unpaired) electrons. The molecule has 1 aromatic carbocycles. The van der Waals surface area contributed by atoms with Crippen molar-refractivity contribution in [3.63, 3.8) is 0 Å². The number of fused-ring (bicyclic) bond motifs is 1. The number of rotatable bonds is 8. The Hall–Kier alpha value is -3.62. The van der Waals surface area contributed by atoms with Gasteiger partial charge in [0.2, 0.25) is 5.91 Å². The van der Waals surface area contributed by atoms with Crippen LogP contribution in [0, 0.1) is 5.92 Å². The number of carboxylic acid groups (broad SMARTS) is 2. The largest absolute Gasteiger partial charge is 0.491 e. The molecule has 4 N–H and O–H groups in total. The molecule has 1 aliphatic rings. The molecule has 31 heavy (non-hydrogen) atoms. The van der Waals surface area contributed by atoms with Gasteiger partial charge in [-0.3, -0.25) is 4.79 Å². The van der Waals surface area contributed by atoms with E-state index in [4.69, 9.17) is 14.9 Å². The van der Waals surface area contributed by atoms with Crippen molar-refractivity contribution in [1.29, 1.82) is 0 Å². The highest BCUT2D eigenvalue weighted by atomic mass is 16.5. The zero-order chi connectivity index (χ0) is 22.6. The Labute approximate surface area is 180 Å². The fourth-order valence-electron chi connectivity index (χ4n) is 3.02. The lowest BCUT2D eigenvalue weighted by molar-refractivity contribution is -0.134. The molecule has 0 spiro atoms. The van der Waals surface area contributed by atoms with Crippen LogP contribution in [-0.2, 0) is 27.2 Å². The molecule has 0 bridgehead atoms. The van der Waals surface area contributed by atoms with Crippen LogP contribution >= 0.6 is 0 Å². The van der Waals surface area contributed by atoms with Gasteiger partial charge in [0.15, 0.2) is 0 Å². The quantitative estimate of drug-likeness (QED) is 0.373. The highest BCUT2D eigenvalue weighted by molar-refractivity contribution is 5.94. The third-order valence-electron chi connectivity index (χ3n) is 4.63. The standard InChI is InChI=1S/C18H23N3O2.C4H4O4/c1-2-3-10-23-17-7-5-4-6-15(17)21-18(22)13-8-9-14-16(11-13)20-12-19-14;5-3(6)1-2-4(7)8/h4-7,12-13H,2-3,8-11H2,1H3,(H,19,20)(H,21,22);1-2H,(H,5,6)(H,7,8)/b;2-1+. The van der Waals surface area contributed by atoms with Crippen molar-refractivity contribution in [3.8, 4) is 5.75 Å². The lowest BCUT2D eigenvalue weighted by Gasteiger charge is -2.21. The molecule has 1 aromatic heterocycles. The van der Waals surface area contributed by atoms with Gasteiger partial charge in [0.25, 0.3) is 0 Å². The Bertz CT molecular complexity index is 905. The average molecular weight is 429 g/mol. The van der Waals surface area contributed by atoms with Gasteiger partial charge >= 0.3 is 11.9 Å². The fourth-order valence-corrected chi connectivity index (χ4v) is 3.02. The summed E-state index contributed by atoms with van der Waals surface area (Å²) < 4.78 is 5.78. The lowest BCUT2D eigenvalue weighted by Crippen LogP contribution is -2.28. The lowest BCUT2D eigenvalue weighted by atomic mass is 9.89. The molecule has 1 amide bonds. The zero-order valence-electron chi connectivity index (χ0n) is 17.3. The highest BCUT2D eigenvalue weighted by Gasteiger charge is 2.26. The van der Waals surface area contributed by atoms with E-state index in [1.807, 2.05) is 24.3 Å². The van der Waals surface area contributed by atoms with Crippen molar-refractivity contribution in [2.24, 2.45) is 5.92 Å². The number of hydrogen-bond donors (Lipinski definition) is 4. The summed E-state index contributed by atoms with van der Waals surface area (Å²) in [5, 5.41) is 18.7. The number of imidazole rings is 1. The Morgan fingerprint density at radius 2 is 1.94 bits per heavy atom. The number of aryl methyl sites for hydroxylation is 1. The van der Waals surface area contributed by atoms with Gasteiger partial charge in [-0.1, -0.05) is 25.5 Å². The SMILES string of the molecule is CCCCOc1ccccc1NC(=O)C1CCc2nc[nH]c2C1.O=C(O)/C=C/C(=O)O. The molecule has 1 aliphatic carbocycles. The monoisotopic (exact) mass is 429 g/mol. The molecule has 1 heterocycles. The van der Waals surface area contributed by atoms with Crippen molar-refractivity contribution in [1.82, 2.24) is 9.97 Å². The third kappa shape index (κ3) is 7.96. The van der Waals surface area contributed by atoms with Crippen molar-refractivity contribution in [2.75, 3.05) is 11.9 Å². The van der Waals surface area contributed by atoms with Gasteiger partial charge in [-0.25, -0.2) is 14.6 Å². The number of carbonyl (C=O) groups excluding carboxylic acids is 1. The number of unbranched alkanes of at least 4 members (excludes halogenated alkanes) is 1. The summed E-state index contributed by atoms with van der Waals surface area (Å²) in [6, 6.07) is 7.63. The summed E-state index contributed by atoms with van der Waals surface area (Å²) in [5.41, 5.74) is 2.94. The summed E-state index contributed by atoms with van der Waals surface area (Å²) in [7, 11) is 0. The van der Waals surface area contributed by atoms with Crippen LogP contribution in [0.1, 0.15) is 37.6 Å². The molecule has 0 aliphatic heterocycles. The van der Waals surface area contributed by atoms with Crippen LogP contribution in [0.25, 0.3) is 0 Å². The van der Waals surface area contributed by atoms with E-state index >= 15 is 0 Å². The second-order valence-corrected chi connectivity index (χ2v) is 6.96. The van der Waals surface area contributed by atoms with Crippen molar-refractivity contribution < 1.29 is 29.3 Å². The van der Waals surface area contributed by atoms with Gasteiger partial charge in [-0.05, 0) is 31.4 Å². The molecule has 1 atom stereocenters. The van der Waals surface area contributed by atoms with Gasteiger partial charge in [0, 0.05) is 30.2 Å². The molecule has 0 fully saturated rings. The predicted octanol–water partition coefficient (Wildman–Crippen LogP) is 3.04. The van der Waals surface area contributed by atoms with Crippen LogP contribution in [0.5, 0.6) is 5.75 Å². The second kappa shape index (κ2) is 12.2. The molecular weight excluding hydrogens is 402 g/mol. The Balaban J connectivity index is 0.000000366. The number of nitrogens with one attached hydrogen (secondary N) is 2. The maximum Gasteiger partial charge on any atom is 0.328 e. The van der Waals surface area contributed by atoms with Crippen molar-refractivity contribution >= 4 is 23.5 Å². The summed E-state index contributed by atoms with van der Waals surface area (Å²) in [5.74, 6) is -1.74. The number of amides is 1. The van der Waals surface area contributed by atoms with E-state index in [1.54, 1.807) is 6.33 Å². The van der Waals surface area contributed by atoms with Gasteiger partial charge < -0.3 is 25.3 Å². The van der Waals surface area contributed by atoms with Crippen LogP contribution in [0.3, 0.4) is 0 Å². The molecule has 9 nitrogen and oxygen atoms in total. The molecule has 3 rings (SSSR count). The number of benzene rings is 1. The van der Waals surface area contributed by atoms with Crippen molar-refractivity contribution in [3.05, 3.63) is 54.1 Å². The summed E-state index contributed by atoms with van der Waals surface area (Å²) in [4.78, 5) is 39.1. The van der Waals surface area contributed by atoms with Crippen LogP contribution < -0.4 is 10.1 Å². The fraction of sp³-hybridized carbons (Fsp3) is 0.364. The van der Waals surface area contributed by atoms with Gasteiger partial charge in [0.1, 0.15) is 5.75 Å². The number of carboxylic acids is 2. The number of aromatic nitrogens is 2. The first kappa shape index (κ1) is 23.7. The maximum absolute atomic E-state index is 12.6. The maximum atomic E-state index is 12.6. The minimum absolute atomic E-state index is 0.0216. The summed E-state index contributed by atoms with van der Waals surface area (Å²) in [6.45, 7) is 2.80. The predicted molar refractivity (Wildman–Crippen MR) is 114 cm³/mol. The van der Waals surface area contributed by atoms with Crippen LogP contribution in [0.4, 0.5) is 5.69 Å². The second-order valence-electron chi connectivity index (χ2n) is 6.96. The van der Waals surface area contributed by atoms with E-state index < -0.39 is 11.9 Å². The number of anilines is 1. The zero-order valence-corrected chi connectivity index (χ0v) is 17.3. The number of para-hydroxylation sites is 2. The number of hydrogen-bond acceptors (Lipinski definition) is 5. The first-order valence-electron chi connectivity index (χ1n) is 10.1. The summed E-state index contributed by atoms with van der Waals surface area (Å²) >= 11 is 0. The molecule has 9 heteroatoms. The number of ether oxygens (including phenoxy) is 1. The molecular formula is C22H27N3O6. The van der Waals surface area contributed by atoms with Crippen LogP contribution in [0.2, 0.25) is 0 Å². The number of carbonyl (C=O) groups is 3. The van der Waals surface area contributed by atoms with E-state index in [1.165, 1.54) is 0 Å². The number of H-pyrrole nitrogens is 1. The van der Waals surface area contributed by atoms with Crippen molar-refractivity contribution in [2.45, 2.75) is 39.0 Å². The molecule has 166 valence electrons. The number of nitrogens with zero attached hydrogens (tertiary/aromatic N) is 1.